The molecule has 2 aliphatic rings. The summed E-state index contributed by atoms with van der Waals surface area (Å²) >= 11 is 0. The van der Waals surface area contributed by atoms with Gasteiger partial charge in [0, 0.05) is 75.9 Å². The van der Waals surface area contributed by atoms with E-state index in [0.29, 0.717) is 11.6 Å². The first-order chi connectivity index (χ1) is 15.7. The van der Waals surface area contributed by atoms with Crippen LogP contribution in [-0.2, 0) is 7.05 Å². The number of likely N-dealkylation sites (tertiary alicyclic amines) is 1. The molecule has 32 heavy (non-hydrogen) atoms. The molecule has 0 aromatic carbocycles. The zero-order valence-corrected chi connectivity index (χ0v) is 18.9. The molecule has 0 saturated carbocycles. The van der Waals surface area contributed by atoms with Crippen molar-refractivity contribution in [1.29, 1.82) is 5.26 Å². The van der Waals surface area contributed by atoms with Crippen LogP contribution in [0.25, 0.3) is 16.6 Å². The van der Waals surface area contributed by atoms with E-state index < -0.39 is 0 Å². The van der Waals surface area contributed by atoms with Crippen LogP contribution in [0.2, 0.25) is 0 Å². The molecular weight excluding hydrogens is 400 g/mol. The van der Waals surface area contributed by atoms with E-state index in [0.717, 1.165) is 61.6 Å². The Balaban J connectivity index is 1.37. The number of aryl methyl sites for hydroxylation is 1. The van der Waals surface area contributed by atoms with E-state index in [4.69, 9.17) is 0 Å². The molecule has 2 aliphatic heterocycles. The number of piperazine rings is 1. The Morgan fingerprint density at radius 2 is 1.78 bits per heavy atom. The summed E-state index contributed by atoms with van der Waals surface area (Å²) in [6.07, 6.45) is 14.3. The highest BCUT2D eigenvalue weighted by atomic mass is 15.3. The number of allylic oxidation sites excluding steroid dienone is 1. The summed E-state index contributed by atoms with van der Waals surface area (Å²) in [6.45, 7) is 8.38. The zero-order valence-electron chi connectivity index (χ0n) is 18.9. The van der Waals surface area contributed by atoms with Crippen LogP contribution in [0.4, 0.5) is 5.69 Å². The van der Waals surface area contributed by atoms with Gasteiger partial charge >= 0.3 is 0 Å². The maximum absolute atomic E-state index is 9.66. The van der Waals surface area contributed by atoms with Gasteiger partial charge < -0.3 is 9.80 Å². The SMILES string of the molecule is CC=CN1CCC(N2CCN(c3cc(-c4cnn(C)c4)cn4ncc(C#N)c34)CC2)CC1. The lowest BCUT2D eigenvalue weighted by Crippen LogP contribution is -2.53. The average molecular weight is 431 g/mol. The lowest BCUT2D eigenvalue weighted by atomic mass is 10.0. The van der Waals surface area contributed by atoms with E-state index in [-0.39, 0.29) is 0 Å². The molecule has 0 spiro atoms. The van der Waals surface area contributed by atoms with E-state index in [1.54, 1.807) is 6.20 Å². The third-order valence-corrected chi connectivity index (χ3v) is 6.78. The van der Waals surface area contributed by atoms with Crippen LogP contribution in [-0.4, -0.2) is 74.5 Å². The number of fused-ring (bicyclic) bond motifs is 1. The molecule has 2 fully saturated rings. The standard InChI is InChI=1S/C24H30N8/c1-3-6-29-7-4-22(5-8-29)30-9-11-31(12-10-30)23-13-19(21-16-26-28(2)17-21)18-32-24(23)20(14-25)15-27-32/h3,6,13,15-18,22H,4-5,7-12H2,1-2H3. The predicted octanol–water partition coefficient (Wildman–Crippen LogP) is 2.73. The van der Waals surface area contributed by atoms with Crippen molar-refractivity contribution in [1.82, 2.24) is 29.2 Å². The molecule has 0 atom stereocenters. The number of hydrogen-bond donors (Lipinski definition) is 0. The van der Waals surface area contributed by atoms with Gasteiger partial charge in [0.05, 0.1) is 23.6 Å². The molecule has 8 nitrogen and oxygen atoms in total. The fourth-order valence-electron chi connectivity index (χ4n) is 5.09. The molecule has 3 aromatic heterocycles. The summed E-state index contributed by atoms with van der Waals surface area (Å²) in [4.78, 5) is 7.51. The maximum atomic E-state index is 9.66. The van der Waals surface area contributed by atoms with Gasteiger partial charge in [0.1, 0.15) is 11.6 Å². The molecule has 0 N–H and O–H groups in total. The molecule has 8 heteroatoms. The normalized spacial score (nSPS) is 18.7. The van der Waals surface area contributed by atoms with E-state index in [1.165, 1.54) is 12.8 Å². The van der Waals surface area contributed by atoms with Crippen molar-refractivity contribution < 1.29 is 0 Å². The molecular formula is C24H30N8. The van der Waals surface area contributed by atoms with Gasteiger partial charge in [-0.05, 0) is 32.0 Å². The van der Waals surface area contributed by atoms with Gasteiger partial charge in [-0.3, -0.25) is 9.58 Å². The Hall–Kier alpha value is -3.31. The minimum Gasteiger partial charge on any atom is -0.378 e. The first-order valence-corrected chi connectivity index (χ1v) is 11.4. The monoisotopic (exact) mass is 430 g/mol. The summed E-state index contributed by atoms with van der Waals surface area (Å²) in [5.74, 6) is 0. The van der Waals surface area contributed by atoms with Crippen LogP contribution >= 0.6 is 0 Å². The first-order valence-electron chi connectivity index (χ1n) is 11.4. The lowest BCUT2D eigenvalue weighted by molar-refractivity contribution is 0.122. The molecule has 0 amide bonds. The molecule has 0 radical (unpaired) electrons. The number of aromatic nitrogens is 4. The van der Waals surface area contributed by atoms with Crippen LogP contribution < -0.4 is 4.90 Å². The smallest absolute Gasteiger partial charge is 0.107 e. The van der Waals surface area contributed by atoms with Crippen molar-refractivity contribution in [3.63, 3.8) is 0 Å². The van der Waals surface area contributed by atoms with Gasteiger partial charge in [-0.1, -0.05) is 6.08 Å². The van der Waals surface area contributed by atoms with Crippen molar-refractivity contribution in [2.75, 3.05) is 44.2 Å². The highest BCUT2D eigenvalue weighted by Gasteiger charge is 2.28. The van der Waals surface area contributed by atoms with Crippen LogP contribution in [0.1, 0.15) is 25.3 Å². The summed E-state index contributed by atoms with van der Waals surface area (Å²) in [5.41, 5.74) is 4.72. The number of rotatable bonds is 4. The molecule has 0 unspecified atom stereocenters. The van der Waals surface area contributed by atoms with Crippen molar-refractivity contribution in [2.24, 2.45) is 7.05 Å². The van der Waals surface area contributed by atoms with Crippen molar-refractivity contribution in [3.05, 3.63) is 48.7 Å². The topological polar surface area (TPSA) is 68.6 Å². The molecule has 5 heterocycles. The van der Waals surface area contributed by atoms with E-state index in [1.807, 2.05) is 34.8 Å². The zero-order chi connectivity index (χ0) is 22.1. The van der Waals surface area contributed by atoms with Crippen LogP contribution in [0.5, 0.6) is 0 Å². The molecule has 0 bridgehead atoms. The van der Waals surface area contributed by atoms with Crippen LogP contribution in [0, 0.1) is 11.3 Å². The van der Waals surface area contributed by atoms with Gasteiger partial charge in [0.25, 0.3) is 0 Å². The Bertz CT molecular complexity index is 1150. The fraction of sp³-hybridized carbons (Fsp3) is 0.458. The predicted molar refractivity (Wildman–Crippen MR) is 125 cm³/mol. The number of hydrogen-bond acceptors (Lipinski definition) is 6. The molecule has 166 valence electrons. The largest absolute Gasteiger partial charge is 0.378 e. The van der Waals surface area contributed by atoms with Gasteiger partial charge in [0.2, 0.25) is 0 Å². The quantitative estimate of drug-likeness (QED) is 0.634. The van der Waals surface area contributed by atoms with Crippen molar-refractivity contribution in [2.45, 2.75) is 25.8 Å². The van der Waals surface area contributed by atoms with Crippen molar-refractivity contribution in [3.8, 4) is 17.2 Å². The fourth-order valence-corrected chi connectivity index (χ4v) is 5.09. The first kappa shape index (κ1) is 20.6. The molecule has 0 aliphatic carbocycles. The second-order valence-corrected chi connectivity index (χ2v) is 8.75. The van der Waals surface area contributed by atoms with Crippen molar-refractivity contribution >= 4 is 11.2 Å². The third-order valence-electron chi connectivity index (χ3n) is 6.78. The van der Waals surface area contributed by atoms with Gasteiger partial charge in [-0.2, -0.15) is 15.5 Å². The second kappa shape index (κ2) is 8.67. The Labute approximate surface area is 188 Å². The molecule has 2 saturated heterocycles. The number of anilines is 1. The van der Waals surface area contributed by atoms with Gasteiger partial charge in [0.15, 0.2) is 0 Å². The Kier molecular flexibility index (Phi) is 5.58. The molecule has 5 rings (SSSR count). The van der Waals surface area contributed by atoms with E-state index >= 15 is 0 Å². The van der Waals surface area contributed by atoms with Gasteiger partial charge in [-0.25, -0.2) is 4.52 Å². The third kappa shape index (κ3) is 3.84. The second-order valence-electron chi connectivity index (χ2n) is 8.75. The van der Waals surface area contributed by atoms with Crippen LogP contribution in [0.3, 0.4) is 0 Å². The number of pyridine rings is 1. The minimum atomic E-state index is 0.622. The maximum Gasteiger partial charge on any atom is 0.107 e. The number of nitriles is 1. The highest BCUT2D eigenvalue weighted by molar-refractivity contribution is 5.83. The van der Waals surface area contributed by atoms with Crippen LogP contribution in [0.15, 0.2) is 43.1 Å². The Morgan fingerprint density at radius 1 is 1.00 bits per heavy atom. The summed E-state index contributed by atoms with van der Waals surface area (Å²) in [6, 6.07) is 5.19. The lowest BCUT2D eigenvalue weighted by Gasteiger charge is -2.43. The summed E-state index contributed by atoms with van der Waals surface area (Å²) in [7, 11) is 1.92. The molecule has 3 aromatic rings. The van der Waals surface area contributed by atoms with Gasteiger partial charge in [-0.15, -0.1) is 0 Å². The summed E-state index contributed by atoms with van der Waals surface area (Å²) in [5, 5.41) is 18.4. The summed E-state index contributed by atoms with van der Waals surface area (Å²) < 4.78 is 3.66. The Morgan fingerprint density at radius 3 is 2.44 bits per heavy atom. The number of nitrogens with zero attached hydrogens (tertiary/aromatic N) is 8. The minimum absolute atomic E-state index is 0.622. The van der Waals surface area contributed by atoms with E-state index in [2.05, 4.69) is 56.2 Å². The average Bonchev–Trinajstić information content (AvgIpc) is 3.45. The van der Waals surface area contributed by atoms with E-state index in [9.17, 15) is 5.26 Å². The number of piperidine rings is 1. The highest BCUT2D eigenvalue weighted by Crippen LogP contribution is 2.32.